The first-order valence-electron chi connectivity index (χ1n) is 12.5. The van der Waals surface area contributed by atoms with Crippen LogP contribution in [0.1, 0.15) is 39.3 Å². The Kier molecular flexibility index (Phi) is 7.47. The summed E-state index contributed by atoms with van der Waals surface area (Å²) >= 11 is 6.06. The molecule has 1 aliphatic rings. The summed E-state index contributed by atoms with van der Waals surface area (Å²) in [5.41, 5.74) is 3.59. The van der Waals surface area contributed by atoms with Crippen LogP contribution in [0.15, 0.2) is 78.9 Å². The van der Waals surface area contributed by atoms with Crippen molar-refractivity contribution in [3.8, 4) is 0 Å². The zero-order chi connectivity index (χ0) is 26.6. The summed E-state index contributed by atoms with van der Waals surface area (Å²) in [5.74, 6) is -0.835. The molecule has 0 spiro atoms. The molecule has 2 heterocycles. The van der Waals surface area contributed by atoms with Crippen LogP contribution in [0.2, 0.25) is 5.02 Å². The predicted octanol–water partition coefficient (Wildman–Crippen LogP) is 5.62. The second-order valence-electron chi connectivity index (χ2n) is 9.43. The monoisotopic (exact) mass is 529 g/mol. The van der Waals surface area contributed by atoms with Crippen LogP contribution in [0, 0.1) is 5.92 Å². The number of esters is 1. The molecule has 0 radical (unpaired) electrons. The average molecular weight is 530 g/mol. The molecule has 0 aliphatic carbocycles. The third-order valence-corrected chi connectivity index (χ3v) is 7.24. The van der Waals surface area contributed by atoms with Gasteiger partial charge in [0.2, 0.25) is 5.91 Å². The molecule has 4 aromatic rings. The Morgan fingerprint density at radius 3 is 2.42 bits per heavy atom. The van der Waals surface area contributed by atoms with Gasteiger partial charge in [-0.2, -0.15) is 0 Å². The first kappa shape index (κ1) is 25.5. The summed E-state index contributed by atoms with van der Waals surface area (Å²) in [4.78, 5) is 40.2. The number of hydrogen-bond donors (Lipinski definition) is 1. The van der Waals surface area contributed by atoms with Crippen LogP contribution in [0.5, 0.6) is 0 Å². The van der Waals surface area contributed by atoms with Crippen molar-refractivity contribution in [2.45, 2.75) is 19.4 Å². The number of hydrogen-bond acceptors (Lipinski definition) is 4. The van der Waals surface area contributed by atoms with Crippen molar-refractivity contribution in [2.24, 2.45) is 5.92 Å². The van der Waals surface area contributed by atoms with Crippen molar-refractivity contribution in [1.29, 1.82) is 0 Å². The summed E-state index contributed by atoms with van der Waals surface area (Å²) in [7, 11) is 1.32. The maximum atomic E-state index is 13.7. The first-order valence-corrected chi connectivity index (χ1v) is 12.9. The third-order valence-electron chi connectivity index (χ3n) is 6.99. The predicted molar refractivity (Wildman–Crippen MR) is 148 cm³/mol. The summed E-state index contributed by atoms with van der Waals surface area (Å²) in [6.45, 7) is 1.53. The summed E-state index contributed by atoms with van der Waals surface area (Å²) in [6.07, 6.45) is 1.12. The van der Waals surface area contributed by atoms with Gasteiger partial charge in [-0.1, -0.05) is 48.0 Å². The van der Waals surface area contributed by atoms with Gasteiger partial charge in [-0.05, 0) is 60.9 Å². The van der Waals surface area contributed by atoms with E-state index in [1.54, 1.807) is 24.3 Å². The van der Waals surface area contributed by atoms with E-state index < -0.39 is 5.97 Å². The molecule has 1 aliphatic heterocycles. The summed E-state index contributed by atoms with van der Waals surface area (Å²) in [5, 5.41) is 4.58. The molecule has 0 bridgehead atoms. The highest BCUT2D eigenvalue weighted by molar-refractivity contribution is 6.30. The summed E-state index contributed by atoms with van der Waals surface area (Å²) in [6, 6.07) is 24.2. The van der Waals surface area contributed by atoms with Crippen LogP contribution in [0.3, 0.4) is 0 Å². The lowest BCUT2D eigenvalue weighted by Crippen LogP contribution is -2.42. The highest BCUT2D eigenvalue weighted by atomic mass is 35.5. The van der Waals surface area contributed by atoms with Crippen LogP contribution in [-0.2, 0) is 16.1 Å². The number of carbonyl (C=O) groups is 3. The normalized spacial score (nSPS) is 13.9. The van der Waals surface area contributed by atoms with Crippen molar-refractivity contribution in [1.82, 2.24) is 9.47 Å². The number of aromatic nitrogens is 1. The fraction of sp³-hybridized carbons (Fsp3) is 0.233. The van der Waals surface area contributed by atoms with E-state index in [2.05, 4.69) is 5.32 Å². The molecule has 1 fully saturated rings. The summed E-state index contributed by atoms with van der Waals surface area (Å²) < 4.78 is 6.80. The fourth-order valence-corrected chi connectivity index (χ4v) is 5.05. The number of rotatable bonds is 6. The van der Waals surface area contributed by atoms with E-state index in [9.17, 15) is 14.4 Å². The quantitative estimate of drug-likeness (QED) is 0.329. The molecule has 0 atom stereocenters. The molecule has 1 N–H and O–H groups in total. The van der Waals surface area contributed by atoms with E-state index in [0.29, 0.717) is 54.4 Å². The molecule has 2 amide bonds. The minimum atomic E-state index is -0.457. The highest BCUT2D eigenvalue weighted by Crippen LogP contribution is 2.26. The standard InChI is InChI=1S/C30H28ClN3O4/c1-38-30(37)23-6-4-7-25(17-23)32-28(35)21-13-15-33(16-14-21)29(36)27-18-22-5-2-3-8-26(22)34(27)19-20-9-11-24(31)12-10-20/h2-12,17-18,21H,13-16,19H2,1H3,(H,32,35). The van der Waals surface area contributed by atoms with Crippen LogP contribution in [0.4, 0.5) is 5.69 Å². The minimum Gasteiger partial charge on any atom is -0.465 e. The topological polar surface area (TPSA) is 80.6 Å². The van der Waals surface area contributed by atoms with E-state index in [-0.39, 0.29) is 17.7 Å². The van der Waals surface area contributed by atoms with Gasteiger partial charge in [-0.3, -0.25) is 9.59 Å². The fourth-order valence-electron chi connectivity index (χ4n) is 4.92. The van der Waals surface area contributed by atoms with E-state index in [0.717, 1.165) is 16.5 Å². The van der Waals surface area contributed by atoms with Crippen molar-refractivity contribution < 1.29 is 19.1 Å². The average Bonchev–Trinajstić information content (AvgIpc) is 3.31. The number of anilines is 1. The molecule has 0 saturated carbocycles. The van der Waals surface area contributed by atoms with Gasteiger partial charge < -0.3 is 19.5 Å². The maximum Gasteiger partial charge on any atom is 0.337 e. The van der Waals surface area contributed by atoms with E-state index in [4.69, 9.17) is 16.3 Å². The number of amides is 2. The Morgan fingerprint density at radius 2 is 1.68 bits per heavy atom. The molecule has 3 aromatic carbocycles. The third kappa shape index (κ3) is 5.43. The van der Waals surface area contributed by atoms with Gasteiger partial charge in [0.1, 0.15) is 5.69 Å². The van der Waals surface area contributed by atoms with Gasteiger partial charge in [0, 0.05) is 47.2 Å². The lowest BCUT2D eigenvalue weighted by atomic mass is 9.95. The Labute approximate surface area is 226 Å². The number of para-hydroxylation sites is 1. The first-order chi connectivity index (χ1) is 18.4. The number of benzene rings is 3. The van der Waals surface area contributed by atoms with Crippen LogP contribution < -0.4 is 5.32 Å². The molecular formula is C30H28ClN3O4. The van der Waals surface area contributed by atoms with Gasteiger partial charge in [0.05, 0.1) is 12.7 Å². The van der Waals surface area contributed by atoms with E-state index >= 15 is 0 Å². The highest BCUT2D eigenvalue weighted by Gasteiger charge is 2.29. The zero-order valence-corrected chi connectivity index (χ0v) is 21.8. The number of nitrogens with one attached hydrogen (secondary N) is 1. The molecule has 1 saturated heterocycles. The number of piperidine rings is 1. The van der Waals surface area contributed by atoms with Crippen LogP contribution in [0.25, 0.3) is 10.9 Å². The molecule has 194 valence electrons. The zero-order valence-electron chi connectivity index (χ0n) is 21.0. The second kappa shape index (κ2) is 11.1. The van der Waals surface area contributed by atoms with Crippen LogP contribution >= 0.6 is 11.6 Å². The van der Waals surface area contributed by atoms with Gasteiger partial charge >= 0.3 is 5.97 Å². The lowest BCUT2D eigenvalue weighted by molar-refractivity contribution is -0.121. The molecule has 8 heteroatoms. The SMILES string of the molecule is COC(=O)c1cccc(NC(=O)C2CCN(C(=O)c3cc4ccccc4n3Cc3ccc(Cl)cc3)CC2)c1. The lowest BCUT2D eigenvalue weighted by Gasteiger charge is -2.31. The molecule has 0 unspecified atom stereocenters. The largest absolute Gasteiger partial charge is 0.465 e. The molecule has 38 heavy (non-hydrogen) atoms. The number of nitrogens with zero attached hydrogens (tertiary/aromatic N) is 2. The Bertz CT molecular complexity index is 1490. The molecule has 5 rings (SSSR count). The molecule has 1 aromatic heterocycles. The van der Waals surface area contributed by atoms with Crippen LogP contribution in [-0.4, -0.2) is 47.4 Å². The Balaban J connectivity index is 1.28. The maximum absolute atomic E-state index is 13.7. The van der Waals surface area contributed by atoms with Crippen molar-refractivity contribution in [3.05, 3.63) is 101 Å². The smallest absolute Gasteiger partial charge is 0.337 e. The van der Waals surface area contributed by atoms with Crippen molar-refractivity contribution >= 4 is 46.0 Å². The number of ether oxygens (including phenoxy) is 1. The van der Waals surface area contributed by atoms with E-state index in [1.165, 1.54) is 7.11 Å². The number of fused-ring (bicyclic) bond motifs is 1. The number of carbonyl (C=O) groups excluding carboxylic acids is 3. The van der Waals surface area contributed by atoms with Crippen molar-refractivity contribution in [2.75, 3.05) is 25.5 Å². The number of methoxy groups -OCH3 is 1. The van der Waals surface area contributed by atoms with Gasteiger partial charge in [-0.15, -0.1) is 0 Å². The van der Waals surface area contributed by atoms with Crippen molar-refractivity contribution in [3.63, 3.8) is 0 Å². The molecule has 7 nitrogen and oxygen atoms in total. The van der Waals surface area contributed by atoms with E-state index in [1.807, 2.05) is 64.1 Å². The molecular weight excluding hydrogens is 502 g/mol. The Morgan fingerprint density at radius 1 is 0.947 bits per heavy atom. The second-order valence-corrected chi connectivity index (χ2v) is 9.87. The van der Waals surface area contributed by atoms with Gasteiger partial charge in [0.25, 0.3) is 5.91 Å². The minimum absolute atomic E-state index is 0.0419. The number of likely N-dealkylation sites (tertiary alicyclic amines) is 1. The van der Waals surface area contributed by atoms with Gasteiger partial charge in [0.15, 0.2) is 0 Å². The van der Waals surface area contributed by atoms with Gasteiger partial charge in [-0.25, -0.2) is 4.79 Å². The Hall–Kier alpha value is -4.10. The number of halogens is 1.